The summed E-state index contributed by atoms with van der Waals surface area (Å²) in [7, 11) is -3.71. The molecule has 1 heterocycles. The van der Waals surface area contributed by atoms with E-state index in [0.29, 0.717) is 30.4 Å². The molecule has 8 heteroatoms. The van der Waals surface area contributed by atoms with Crippen LogP contribution in [0.3, 0.4) is 0 Å². The Kier molecular flexibility index (Phi) is 5.79. The monoisotopic (exact) mass is 404 g/mol. The zero-order valence-electron chi connectivity index (χ0n) is 16.1. The first-order valence-corrected chi connectivity index (χ1v) is 10.9. The van der Waals surface area contributed by atoms with E-state index in [4.69, 9.17) is 9.47 Å². The molecule has 0 bridgehead atoms. The highest BCUT2D eigenvalue weighted by Gasteiger charge is 2.31. The lowest BCUT2D eigenvalue weighted by atomic mass is 10.1. The molecule has 0 aliphatic carbocycles. The van der Waals surface area contributed by atoms with Crippen molar-refractivity contribution in [1.82, 2.24) is 5.32 Å². The lowest BCUT2D eigenvalue weighted by Gasteiger charge is -2.30. The quantitative estimate of drug-likeness (QED) is 0.800. The van der Waals surface area contributed by atoms with E-state index in [1.165, 1.54) is 0 Å². The van der Waals surface area contributed by atoms with Gasteiger partial charge in [0.15, 0.2) is 11.5 Å². The second-order valence-corrected chi connectivity index (χ2v) is 8.56. The van der Waals surface area contributed by atoms with Gasteiger partial charge in [-0.1, -0.05) is 30.3 Å². The third-order valence-electron chi connectivity index (χ3n) is 4.53. The minimum atomic E-state index is -3.71. The molecule has 0 fully saturated rings. The molecule has 0 aromatic heterocycles. The molecule has 1 N–H and O–H groups in total. The van der Waals surface area contributed by atoms with E-state index in [0.717, 1.165) is 16.1 Å². The molecule has 7 nitrogen and oxygen atoms in total. The number of anilines is 1. The Morgan fingerprint density at radius 3 is 2.32 bits per heavy atom. The van der Waals surface area contributed by atoms with Crippen LogP contribution in [0.1, 0.15) is 25.5 Å². The van der Waals surface area contributed by atoms with Crippen molar-refractivity contribution in [2.24, 2.45) is 0 Å². The molecule has 150 valence electrons. The molecule has 1 aliphatic rings. The van der Waals surface area contributed by atoms with Crippen LogP contribution >= 0.6 is 0 Å². The minimum Gasteiger partial charge on any atom is -0.486 e. The molecular weight excluding hydrogens is 380 g/mol. The second-order valence-electron chi connectivity index (χ2n) is 6.70. The first-order valence-electron chi connectivity index (χ1n) is 9.02. The fourth-order valence-electron chi connectivity index (χ4n) is 3.14. The van der Waals surface area contributed by atoms with E-state index < -0.39 is 22.0 Å². The predicted molar refractivity (Wildman–Crippen MR) is 107 cm³/mol. The molecule has 2 aromatic rings. The highest BCUT2D eigenvalue weighted by atomic mass is 32.2. The smallest absolute Gasteiger partial charge is 0.244 e. The van der Waals surface area contributed by atoms with Crippen molar-refractivity contribution in [3.8, 4) is 11.5 Å². The number of carbonyl (C=O) groups is 1. The maximum Gasteiger partial charge on any atom is 0.244 e. The Labute approximate surface area is 165 Å². The maximum atomic E-state index is 12.8. The summed E-state index contributed by atoms with van der Waals surface area (Å²) in [4.78, 5) is 12.8. The van der Waals surface area contributed by atoms with Gasteiger partial charge >= 0.3 is 0 Å². The Morgan fingerprint density at radius 1 is 1.04 bits per heavy atom. The van der Waals surface area contributed by atoms with Gasteiger partial charge in [0.1, 0.15) is 19.3 Å². The van der Waals surface area contributed by atoms with Crippen molar-refractivity contribution >= 4 is 21.6 Å². The van der Waals surface area contributed by atoms with Gasteiger partial charge in [0.2, 0.25) is 15.9 Å². The molecule has 1 amide bonds. The van der Waals surface area contributed by atoms with Gasteiger partial charge in [-0.25, -0.2) is 8.42 Å². The second kappa shape index (κ2) is 8.10. The van der Waals surface area contributed by atoms with Gasteiger partial charge in [-0.05, 0) is 31.5 Å². The van der Waals surface area contributed by atoms with E-state index in [1.807, 2.05) is 37.3 Å². The van der Waals surface area contributed by atoms with Crippen molar-refractivity contribution in [3.63, 3.8) is 0 Å². The molecule has 1 aliphatic heterocycles. The van der Waals surface area contributed by atoms with Gasteiger partial charge in [-0.3, -0.25) is 9.10 Å². The summed E-state index contributed by atoms with van der Waals surface area (Å²) in [5.41, 5.74) is 1.29. The average Bonchev–Trinajstić information content (AvgIpc) is 2.67. The van der Waals surface area contributed by atoms with Crippen LogP contribution in [0.2, 0.25) is 0 Å². The molecule has 0 radical (unpaired) electrons. The number of nitrogens with one attached hydrogen (secondary N) is 1. The average molecular weight is 404 g/mol. The molecule has 2 atom stereocenters. The molecule has 0 saturated heterocycles. The van der Waals surface area contributed by atoms with Crippen LogP contribution in [0.5, 0.6) is 11.5 Å². The summed E-state index contributed by atoms with van der Waals surface area (Å²) in [5.74, 6) is 0.623. The largest absolute Gasteiger partial charge is 0.486 e. The third-order valence-corrected chi connectivity index (χ3v) is 5.77. The van der Waals surface area contributed by atoms with Crippen molar-refractivity contribution in [1.29, 1.82) is 0 Å². The van der Waals surface area contributed by atoms with Gasteiger partial charge < -0.3 is 14.8 Å². The Balaban J connectivity index is 1.84. The fourth-order valence-corrected chi connectivity index (χ4v) is 4.30. The zero-order valence-corrected chi connectivity index (χ0v) is 16.9. The third kappa shape index (κ3) is 4.39. The number of hydrogen-bond acceptors (Lipinski definition) is 5. The molecule has 0 unspecified atom stereocenters. The van der Waals surface area contributed by atoms with Crippen molar-refractivity contribution < 1.29 is 22.7 Å². The van der Waals surface area contributed by atoms with Crippen LogP contribution in [0, 0.1) is 0 Å². The van der Waals surface area contributed by atoms with Crippen LogP contribution in [0.25, 0.3) is 0 Å². The fraction of sp³-hybridized carbons (Fsp3) is 0.350. The summed E-state index contributed by atoms with van der Waals surface area (Å²) >= 11 is 0. The summed E-state index contributed by atoms with van der Waals surface area (Å²) in [6.07, 6.45) is 1.08. The molecule has 3 rings (SSSR count). The number of sulfonamides is 1. The summed E-state index contributed by atoms with van der Waals surface area (Å²) in [5, 5.41) is 2.88. The molecular formula is C20H24N2O5S. The van der Waals surface area contributed by atoms with Crippen LogP contribution in [-0.2, 0) is 14.8 Å². The van der Waals surface area contributed by atoms with Gasteiger partial charge in [0.25, 0.3) is 0 Å². The van der Waals surface area contributed by atoms with Gasteiger partial charge in [0.05, 0.1) is 18.0 Å². The highest BCUT2D eigenvalue weighted by Crippen LogP contribution is 2.35. The van der Waals surface area contributed by atoms with Crippen molar-refractivity contribution in [2.45, 2.75) is 25.9 Å². The molecule has 0 saturated carbocycles. The van der Waals surface area contributed by atoms with Crippen molar-refractivity contribution in [3.05, 3.63) is 54.1 Å². The SMILES string of the molecule is C[C@@H](NC(=O)[C@H](C)N(c1ccc2c(c1)OCCO2)S(C)(=O)=O)c1ccccc1. The van der Waals surface area contributed by atoms with E-state index in [9.17, 15) is 13.2 Å². The minimum absolute atomic E-state index is 0.252. The summed E-state index contributed by atoms with van der Waals surface area (Å²) in [6.45, 7) is 4.25. The van der Waals surface area contributed by atoms with E-state index in [1.54, 1.807) is 25.1 Å². The number of fused-ring (bicyclic) bond motifs is 1. The number of rotatable bonds is 6. The van der Waals surface area contributed by atoms with Gasteiger partial charge in [0, 0.05) is 6.07 Å². The van der Waals surface area contributed by atoms with Crippen LogP contribution in [0.15, 0.2) is 48.5 Å². The number of carbonyl (C=O) groups excluding carboxylic acids is 1. The number of hydrogen-bond donors (Lipinski definition) is 1. The molecule has 2 aromatic carbocycles. The molecule has 0 spiro atoms. The number of ether oxygens (including phenoxy) is 2. The van der Waals surface area contributed by atoms with E-state index in [2.05, 4.69) is 5.32 Å². The lowest BCUT2D eigenvalue weighted by Crippen LogP contribution is -2.48. The first kappa shape index (κ1) is 20.0. The van der Waals surface area contributed by atoms with Gasteiger partial charge in [-0.2, -0.15) is 0 Å². The summed E-state index contributed by atoms with van der Waals surface area (Å²) in [6, 6.07) is 13.1. The van der Waals surface area contributed by atoms with Gasteiger partial charge in [-0.15, -0.1) is 0 Å². The summed E-state index contributed by atoms with van der Waals surface area (Å²) < 4.78 is 37.1. The normalized spacial score (nSPS) is 15.4. The standard InChI is InChI=1S/C20H24N2O5S/c1-14(16-7-5-4-6-8-16)21-20(23)15(2)22(28(3,24)25)17-9-10-18-19(13-17)27-12-11-26-18/h4-10,13-15H,11-12H2,1-3H3,(H,21,23)/t14-,15+/m1/s1. The molecule has 28 heavy (non-hydrogen) atoms. The van der Waals surface area contributed by atoms with Crippen LogP contribution < -0.4 is 19.1 Å². The zero-order chi connectivity index (χ0) is 20.3. The Bertz CT molecular complexity index is 946. The Hall–Kier alpha value is -2.74. The van der Waals surface area contributed by atoms with E-state index in [-0.39, 0.29) is 6.04 Å². The number of benzene rings is 2. The van der Waals surface area contributed by atoms with E-state index >= 15 is 0 Å². The lowest BCUT2D eigenvalue weighted by molar-refractivity contribution is -0.122. The Morgan fingerprint density at radius 2 is 1.68 bits per heavy atom. The van der Waals surface area contributed by atoms with Crippen molar-refractivity contribution in [2.75, 3.05) is 23.8 Å². The van der Waals surface area contributed by atoms with Crippen LogP contribution in [-0.4, -0.2) is 39.8 Å². The van der Waals surface area contributed by atoms with Crippen LogP contribution in [0.4, 0.5) is 5.69 Å². The first-order chi connectivity index (χ1) is 13.3. The highest BCUT2D eigenvalue weighted by molar-refractivity contribution is 7.92. The maximum absolute atomic E-state index is 12.8. The number of amides is 1. The number of nitrogens with zero attached hydrogens (tertiary/aromatic N) is 1. The predicted octanol–water partition coefficient (Wildman–Crippen LogP) is 2.49. The topological polar surface area (TPSA) is 84.9 Å².